The molecule has 1 unspecified atom stereocenters. The number of aliphatic hydroxyl groups excluding tert-OH is 5. The molecule has 0 aromatic heterocycles. The molecule has 0 aromatic carbocycles. The van der Waals surface area contributed by atoms with Crippen molar-refractivity contribution in [1.29, 1.82) is 0 Å². The minimum Gasteiger partial charge on any atom is -0.394 e. The van der Waals surface area contributed by atoms with Crippen molar-refractivity contribution in [3.05, 3.63) is 12.7 Å². The predicted molar refractivity (Wildman–Crippen MR) is 68.9 cm³/mol. The second-order valence-corrected chi connectivity index (χ2v) is 4.61. The Labute approximate surface area is 121 Å². The molecule has 1 heterocycles. The van der Waals surface area contributed by atoms with Crippen molar-refractivity contribution in [3.8, 4) is 0 Å². The number of hydrogen-bond donors (Lipinski definition) is 6. The van der Waals surface area contributed by atoms with Crippen molar-refractivity contribution in [1.82, 2.24) is 5.32 Å². The number of ether oxygens (including phenoxy) is 2. The lowest BCUT2D eigenvalue weighted by Crippen LogP contribution is -2.64. The molecule has 9 heteroatoms. The highest BCUT2D eigenvalue weighted by atomic mass is 16.7. The molecule has 0 spiro atoms. The molecule has 0 bridgehead atoms. The second kappa shape index (κ2) is 8.39. The number of carbonyl (C=O) groups is 1. The van der Waals surface area contributed by atoms with Gasteiger partial charge in [-0.3, -0.25) is 4.79 Å². The van der Waals surface area contributed by atoms with Crippen LogP contribution in [-0.2, 0) is 14.3 Å². The monoisotopic (exact) mass is 307 g/mol. The summed E-state index contributed by atoms with van der Waals surface area (Å²) in [5.74, 6) is -0.617. The molecule has 6 atom stereocenters. The SMILES string of the molecule is C=CC(=O)N[C@@H]1[C@@H](OCC(O)CO)O[C@H](CO)[C@@H](O)[C@@H]1O. The average molecular weight is 307 g/mol. The third kappa shape index (κ3) is 4.71. The van der Waals surface area contributed by atoms with Gasteiger partial charge in [-0.25, -0.2) is 0 Å². The van der Waals surface area contributed by atoms with E-state index in [0.29, 0.717) is 0 Å². The summed E-state index contributed by atoms with van der Waals surface area (Å²) < 4.78 is 10.4. The van der Waals surface area contributed by atoms with Gasteiger partial charge in [-0.2, -0.15) is 0 Å². The van der Waals surface area contributed by atoms with Crippen LogP contribution in [0.25, 0.3) is 0 Å². The molecular formula is C12H21NO8. The third-order valence-electron chi connectivity index (χ3n) is 3.04. The highest BCUT2D eigenvalue weighted by Gasteiger charge is 2.45. The first-order chi connectivity index (χ1) is 9.94. The van der Waals surface area contributed by atoms with E-state index in [4.69, 9.17) is 19.7 Å². The second-order valence-electron chi connectivity index (χ2n) is 4.61. The van der Waals surface area contributed by atoms with E-state index in [1.807, 2.05) is 0 Å². The minimum absolute atomic E-state index is 0.317. The van der Waals surface area contributed by atoms with E-state index in [2.05, 4.69) is 11.9 Å². The summed E-state index contributed by atoms with van der Waals surface area (Å²) in [6, 6.07) is -1.13. The summed E-state index contributed by atoms with van der Waals surface area (Å²) in [6.07, 6.45) is -5.39. The van der Waals surface area contributed by atoms with Crippen LogP contribution in [0.2, 0.25) is 0 Å². The number of amides is 1. The Hall–Kier alpha value is -1.07. The molecule has 122 valence electrons. The molecule has 0 aromatic rings. The van der Waals surface area contributed by atoms with E-state index in [1.54, 1.807) is 0 Å². The van der Waals surface area contributed by atoms with Crippen molar-refractivity contribution in [2.45, 2.75) is 36.7 Å². The maximum absolute atomic E-state index is 11.4. The molecule has 1 amide bonds. The highest BCUT2D eigenvalue weighted by molar-refractivity contribution is 5.87. The number of hydrogen-bond acceptors (Lipinski definition) is 8. The molecule has 1 fully saturated rings. The Morgan fingerprint density at radius 1 is 1.38 bits per heavy atom. The molecule has 0 saturated carbocycles. The molecular weight excluding hydrogens is 286 g/mol. The summed E-state index contributed by atoms with van der Waals surface area (Å²) in [6.45, 7) is 1.84. The van der Waals surface area contributed by atoms with Gasteiger partial charge in [-0.05, 0) is 6.08 Å². The molecule has 9 nitrogen and oxygen atoms in total. The van der Waals surface area contributed by atoms with Crippen molar-refractivity contribution in [2.75, 3.05) is 19.8 Å². The zero-order valence-electron chi connectivity index (χ0n) is 11.3. The van der Waals surface area contributed by atoms with E-state index in [-0.39, 0.29) is 6.61 Å². The first-order valence-corrected chi connectivity index (χ1v) is 6.40. The van der Waals surface area contributed by atoms with Crippen LogP contribution < -0.4 is 5.32 Å². The van der Waals surface area contributed by atoms with Gasteiger partial charge in [-0.15, -0.1) is 0 Å². The van der Waals surface area contributed by atoms with Gasteiger partial charge >= 0.3 is 0 Å². The molecule has 21 heavy (non-hydrogen) atoms. The summed E-state index contributed by atoms with van der Waals surface area (Å²) in [7, 11) is 0. The minimum atomic E-state index is -1.45. The fourth-order valence-corrected chi connectivity index (χ4v) is 1.86. The van der Waals surface area contributed by atoms with Crippen molar-refractivity contribution >= 4 is 5.91 Å². The van der Waals surface area contributed by atoms with Crippen molar-refractivity contribution < 1.29 is 39.8 Å². The number of aliphatic hydroxyl groups is 5. The van der Waals surface area contributed by atoms with E-state index >= 15 is 0 Å². The lowest BCUT2D eigenvalue weighted by atomic mass is 9.97. The predicted octanol–water partition coefficient (Wildman–Crippen LogP) is -3.53. The third-order valence-corrected chi connectivity index (χ3v) is 3.04. The highest BCUT2D eigenvalue weighted by Crippen LogP contribution is 2.22. The Morgan fingerprint density at radius 3 is 2.57 bits per heavy atom. The van der Waals surface area contributed by atoms with Gasteiger partial charge in [0.2, 0.25) is 5.91 Å². The topological polar surface area (TPSA) is 149 Å². The van der Waals surface area contributed by atoms with Crippen molar-refractivity contribution in [2.24, 2.45) is 0 Å². The number of carbonyl (C=O) groups excluding carboxylic acids is 1. The van der Waals surface area contributed by atoms with Crippen LogP contribution in [-0.4, -0.2) is 88.0 Å². The Kier molecular flexibility index (Phi) is 7.18. The first kappa shape index (κ1) is 18.0. The Balaban J connectivity index is 2.79. The van der Waals surface area contributed by atoms with Crippen LogP contribution in [0, 0.1) is 0 Å². The van der Waals surface area contributed by atoms with Gasteiger partial charge in [0.25, 0.3) is 0 Å². The normalized spacial score (nSPS) is 34.2. The van der Waals surface area contributed by atoms with Gasteiger partial charge in [0.15, 0.2) is 6.29 Å². The van der Waals surface area contributed by atoms with Gasteiger partial charge in [0, 0.05) is 0 Å². The molecule has 1 aliphatic heterocycles. The molecule has 1 rings (SSSR count). The lowest BCUT2D eigenvalue weighted by molar-refractivity contribution is -0.274. The van der Waals surface area contributed by atoms with Gasteiger partial charge < -0.3 is 40.3 Å². The largest absolute Gasteiger partial charge is 0.394 e. The quantitative estimate of drug-likeness (QED) is 0.265. The van der Waals surface area contributed by atoms with Crippen LogP contribution in [0.4, 0.5) is 0 Å². The lowest BCUT2D eigenvalue weighted by Gasteiger charge is -2.42. The van der Waals surface area contributed by atoms with Gasteiger partial charge in [-0.1, -0.05) is 6.58 Å². The fourth-order valence-electron chi connectivity index (χ4n) is 1.86. The average Bonchev–Trinajstić information content (AvgIpc) is 2.50. The van der Waals surface area contributed by atoms with Crippen LogP contribution >= 0.6 is 0 Å². The Bertz CT molecular complexity index is 352. The Morgan fingerprint density at radius 2 is 2.05 bits per heavy atom. The molecule has 0 aliphatic carbocycles. The summed E-state index contributed by atoms with van der Waals surface area (Å²) >= 11 is 0. The van der Waals surface area contributed by atoms with Gasteiger partial charge in [0.05, 0.1) is 19.8 Å². The van der Waals surface area contributed by atoms with E-state index < -0.39 is 55.9 Å². The van der Waals surface area contributed by atoms with E-state index in [1.165, 1.54) is 0 Å². The maximum Gasteiger partial charge on any atom is 0.243 e. The summed E-state index contributed by atoms with van der Waals surface area (Å²) in [5, 5.41) is 49.2. The zero-order valence-corrected chi connectivity index (χ0v) is 11.3. The molecule has 1 saturated heterocycles. The van der Waals surface area contributed by atoms with Crippen LogP contribution in [0.3, 0.4) is 0 Å². The molecule has 6 N–H and O–H groups in total. The molecule has 0 radical (unpaired) electrons. The van der Waals surface area contributed by atoms with Crippen LogP contribution in [0.15, 0.2) is 12.7 Å². The maximum atomic E-state index is 11.4. The zero-order chi connectivity index (χ0) is 16.0. The number of rotatable bonds is 7. The fraction of sp³-hybridized carbons (Fsp3) is 0.750. The van der Waals surface area contributed by atoms with E-state index in [9.17, 15) is 20.1 Å². The first-order valence-electron chi connectivity index (χ1n) is 6.40. The van der Waals surface area contributed by atoms with E-state index in [0.717, 1.165) is 6.08 Å². The van der Waals surface area contributed by atoms with Crippen LogP contribution in [0.1, 0.15) is 0 Å². The van der Waals surface area contributed by atoms with Crippen molar-refractivity contribution in [3.63, 3.8) is 0 Å². The smallest absolute Gasteiger partial charge is 0.243 e. The van der Waals surface area contributed by atoms with Gasteiger partial charge in [0.1, 0.15) is 30.5 Å². The summed E-state index contributed by atoms with van der Waals surface area (Å²) in [5.41, 5.74) is 0. The summed E-state index contributed by atoms with van der Waals surface area (Å²) in [4.78, 5) is 11.4. The standard InChI is InChI=1S/C12H21NO8/c1-2-8(17)13-9-11(19)10(18)7(4-15)21-12(9)20-5-6(16)3-14/h2,6-7,9-12,14-16,18-19H,1,3-5H2,(H,13,17)/t6?,7-,9+,10-,11-,12+/m1/s1. The van der Waals surface area contributed by atoms with Crippen LogP contribution in [0.5, 0.6) is 0 Å². The molecule has 1 aliphatic rings. The number of nitrogens with one attached hydrogen (secondary N) is 1.